The Morgan fingerprint density at radius 3 is 2.58 bits per heavy atom. The first-order chi connectivity index (χ1) is 17.2. The number of H-pyrrole nitrogens is 1. The number of methoxy groups -OCH3 is 1. The van der Waals surface area contributed by atoms with Crippen molar-refractivity contribution in [2.24, 2.45) is 5.41 Å². The zero-order chi connectivity index (χ0) is 25.8. The van der Waals surface area contributed by atoms with Crippen LogP contribution in [0.5, 0.6) is 11.5 Å². The molecule has 4 rings (SSSR count). The molecule has 3 N–H and O–H groups in total. The van der Waals surface area contributed by atoms with E-state index in [1.54, 1.807) is 25.6 Å². The lowest BCUT2D eigenvalue weighted by Crippen LogP contribution is -2.37. The van der Waals surface area contributed by atoms with Crippen LogP contribution in [-0.4, -0.2) is 57.1 Å². The highest BCUT2D eigenvalue weighted by atomic mass is 16.6. The van der Waals surface area contributed by atoms with Gasteiger partial charge in [-0.2, -0.15) is 10.4 Å². The van der Waals surface area contributed by atoms with E-state index in [1.165, 1.54) is 12.4 Å². The number of anilines is 2. The number of hydrogen-bond acceptors (Lipinski definition) is 10. The van der Waals surface area contributed by atoms with Gasteiger partial charge in [-0.15, -0.1) is 0 Å². The summed E-state index contributed by atoms with van der Waals surface area (Å²) in [5.74, 6) is 1.97. The first kappa shape index (κ1) is 24.7. The van der Waals surface area contributed by atoms with Crippen molar-refractivity contribution in [3.8, 4) is 28.8 Å². The van der Waals surface area contributed by atoms with E-state index in [2.05, 4.69) is 35.8 Å². The van der Waals surface area contributed by atoms with Crippen molar-refractivity contribution in [3.63, 3.8) is 0 Å². The van der Waals surface area contributed by atoms with Gasteiger partial charge in [-0.05, 0) is 33.6 Å². The molecule has 1 saturated carbocycles. The molecule has 12 nitrogen and oxygen atoms in total. The smallest absolute Gasteiger partial charge is 0.407 e. The van der Waals surface area contributed by atoms with Gasteiger partial charge in [0, 0.05) is 18.0 Å². The molecule has 0 saturated heterocycles. The van der Waals surface area contributed by atoms with Gasteiger partial charge >= 0.3 is 6.09 Å². The summed E-state index contributed by atoms with van der Waals surface area (Å²) in [6, 6.07) is 3.71. The normalized spacial score (nSPS) is 13.9. The van der Waals surface area contributed by atoms with E-state index in [-0.39, 0.29) is 11.1 Å². The summed E-state index contributed by atoms with van der Waals surface area (Å²) >= 11 is 0. The molecule has 0 atom stereocenters. The summed E-state index contributed by atoms with van der Waals surface area (Å²) in [6.07, 6.45) is 7.46. The maximum absolute atomic E-state index is 12.1. The standard InChI is InChI=1S/C24H28N8O4/c1-23(2,3)36-22(33)29-13-24(5-6-24)14-35-18-11-26-10-17(34-4)21(18)16-7-19(32-31-16)30-20-12-27-15(8-25)9-28-20/h7,9-12H,5-6,13-14H2,1-4H3,(H,29,33)(H2,28,30,31,32). The molecule has 1 amide bonds. The highest BCUT2D eigenvalue weighted by Crippen LogP contribution is 2.46. The topological polar surface area (TPSA) is 160 Å². The predicted octanol–water partition coefficient (Wildman–Crippen LogP) is 3.57. The number of aromatic nitrogens is 5. The van der Waals surface area contributed by atoms with Crippen molar-refractivity contribution in [1.82, 2.24) is 30.5 Å². The summed E-state index contributed by atoms with van der Waals surface area (Å²) in [5.41, 5.74) is 0.816. The van der Waals surface area contributed by atoms with Crippen molar-refractivity contribution < 1.29 is 19.0 Å². The Morgan fingerprint density at radius 1 is 1.17 bits per heavy atom. The summed E-state index contributed by atoms with van der Waals surface area (Å²) in [6.45, 7) is 6.33. The second-order valence-corrected chi connectivity index (χ2v) is 9.55. The first-order valence-electron chi connectivity index (χ1n) is 11.4. The zero-order valence-electron chi connectivity index (χ0n) is 20.6. The van der Waals surface area contributed by atoms with E-state index >= 15 is 0 Å². The van der Waals surface area contributed by atoms with Crippen LogP contribution in [-0.2, 0) is 4.74 Å². The van der Waals surface area contributed by atoms with Crippen LogP contribution >= 0.6 is 0 Å². The Morgan fingerprint density at radius 2 is 1.94 bits per heavy atom. The average molecular weight is 493 g/mol. The second-order valence-electron chi connectivity index (χ2n) is 9.55. The van der Waals surface area contributed by atoms with Crippen molar-refractivity contribution in [3.05, 3.63) is 36.5 Å². The number of carbonyl (C=O) groups is 1. The molecule has 188 valence electrons. The summed E-state index contributed by atoms with van der Waals surface area (Å²) in [7, 11) is 1.55. The number of alkyl carbamates (subject to hydrolysis) is 1. The number of nitrogens with zero attached hydrogens (tertiary/aromatic N) is 5. The first-order valence-corrected chi connectivity index (χ1v) is 11.4. The van der Waals surface area contributed by atoms with E-state index < -0.39 is 11.7 Å². The van der Waals surface area contributed by atoms with Crippen LogP contribution in [0.15, 0.2) is 30.9 Å². The highest BCUT2D eigenvalue weighted by molar-refractivity contribution is 5.75. The van der Waals surface area contributed by atoms with Crippen molar-refractivity contribution in [1.29, 1.82) is 5.26 Å². The van der Waals surface area contributed by atoms with Gasteiger partial charge in [0.05, 0.1) is 49.8 Å². The molecule has 0 spiro atoms. The maximum atomic E-state index is 12.1. The minimum absolute atomic E-state index is 0.161. The second kappa shape index (κ2) is 10.1. The van der Waals surface area contributed by atoms with Crippen molar-refractivity contribution in [2.75, 3.05) is 25.6 Å². The lowest BCUT2D eigenvalue weighted by Gasteiger charge is -2.22. The van der Waals surface area contributed by atoms with Crippen LogP contribution in [0.4, 0.5) is 16.4 Å². The molecule has 1 fully saturated rings. The molecule has 3 aromatic rings. The monoisotopic (exact) mass is 492 g/mol. The van der Waals surface area contributed by atoms with Gasteiger partial charge in [0.25, 0.3) is 0 Å². The quantitative estimate of drug-likeness (QED) is 0.403. The number of carbonyl (C=O) groups excluding carboxylic acids is 1. The van der Waals surface area contributed by atoms with Gasteiger partial charge in [-0.25, -0.2) is 14.8 Å². The summed E-state index contributed by atoms with van der Waals surface area (Å²) < 4.78 is 17.1. The minimum Gasteiger partial charge on any atom is -0.494 e. The molecule has 0 unspecified atom stereocenters. The molecule has 12 heteroatoms. The van der Waals surface area contributed by atoms with Crippen LogP contribution in [0.2, 0.25) is 0 Å². The lowest BCUT2D eigenvalue weighted by atomic mass is 10.1. The third-order valence-electron chi connectivity index (χ3n) is 5.46. The molecular formula is C24H28N8O4. The van der Waals surface area contributed by atoms with E-state index in [1.807, 2.05) is 26.8 Å². The molecule has 36 heavy (non-hydrogen) atoms. The van der Waals surface area contributed by atoms with Gasteiger partial charge in [-0.1, -0.05) is 0 Å². The molecule has 0 aromatic carbocycles. The van der Waals surface area contributed by atoms with Gasteiger partial charge in [0.2, 0.25) is 0 Å². The minimum atomic E-state index is -0.553. The number of ether oxygens (including phenoxy) is 3. The number of rotatable bonds is 9. The Balaban J connectivity index is 1.45. The highest BCUT2D eigenvalue weighted by Gasteiger charge is 2.44. The average Bonchev–Trinajstić information content (AvgIpc) is 3.49. The fourth-order valence-electron chi connectivity index (χ4n) is 3.40. The van der Waals surface area contributed by atoms with E-state index in [0.29, 0.717) is 47.5 Å². The molecule has 1 aliphatic rings. The number of pyridine rings is 1. The van der Waals surface area contributed by atoms with Crippen LogP contribution in [0, 0.1) is 16.7 Å². The van der Waals surface area contributed by atoms with Crippen molar-refractivity contribution >= 4 is 17.7 Å². The number of hydrogen-bond donors (Lipinski definition) is 3. The Bertz CT molecular complexity index is 1260. The fourth-order valence-corrected chi connectivity index (χ4v) is 3.40. The van der Waals surface area contributed by atoms with Gasteiger partial charge in [0.1, 0.15) is 23.2 Å². The lowest BCUT2D eigenvalue weighted by molar-refractivity contribution is 0.0509. The SMILES string of the molecule is COc1cncc(OCC2(CNC(=O)OC(C)(C)C)CC2)c1-c1cc(Nc2cnc(C#N)cn2)n[nH]1. The maximum Gasteiger partial charge on any atom is 0.407 e. The van der Waals surface area contributed by atoms with Crippen LogP contribution in [0.3, 0.4) is 0 Å². The molecule has 0 bridgehead atoms. The Kier molecular flexibility index (Phi) is 6.91. The van der Waals surface area contributed by atoms with E-state index in [0.717, 1.165) is 12.8 Å². The van der Waals surface area contributed by atoms with Gasteiger partial charge in [-0.3, -0.25) is 10.1 Å². The van der Waals surface area contributed by atoms with Gasteiger partial charge < -0.3 is 24.8 Å². The summed E-state index contributed by atoms with van der Waals surface area (Å²) in [4.78, 5) is 24.4. The van der Waals surface area contributed by atoms with Crippen LogP contribution in [0.25, 0.3) is 11.3 Å². The van der Waals surface area contributed by atoms with E-state index in [4.69, 9.17) is 19.5 Å². The third kappa shape index (κ3) is 6.18. The number of aromatic amines is 1. The van der Waals surface area contributed by atoms with Crippen LogP contribution in [0.1, 0.15) is 39.3 Å². The van der Waals surface area contributed by atoms with E-state index in [9.17, 15) is 4.79 Å². The number of amides is 1. The number of nitriles is 1. The molecule has 0 radical (unpaired) electrons. The third-order valence-corrected chi connectivity index (χ3v) is 5.46. The molecule has 1 aliphatic carbocycles. The molecule has 3 heterocycles. The van der Waals surface area contributed by atoms with Crippen LogP contribution < -0.4 is 20.1 Å². The molecular weight excluding hydrogens is 464 g/mol. The van der Waals surface area contributed by atoms with Gasteiger partial charge in [0.15, 0.2) is 17.3 Å². The number of nitrogens with one attached hydrogen (secondary N) is 3. The fraction of sp³-hybridized carbons (Fsp3) is 0.417. The zero-order valence-corrected chi connectivity index (χ0v) is 20.6. The molecule has 3 aromatic heterocycles. The summed E-state index contributed by atoms with van der Waals surface area (Å²) in [5, 5.41) is 22.0. The van der Waals surface area contributed by atoms with Crippen molar-refractivity contribution in [2.45, 2.75) is 39.2 Å². The molecule has 0 aliphatic heterocycles. The largest absolute Gasteiger partial charge is 0.494 e. The Hall–Kier alpha value is -4.40. The predicted molar refractivity (Wildman–Crippen MR) is 130 cm³/mol. The Labute approximate surface area is 208 Å².